The normalized spacial score (nSPS) is 17.4. The summed E-state index contributed by atoms with van der Waals surface area (Å²) in [6.45, 7) is 1.01. The van der Waals surface area contributed by atoms with Crippen molar-refractivity contribution in [1.82, 2.24) is 0 Å². The Labute approximate surface area is 100 Å². The first-order valence-corrected chi connectivity index (χ1v) is 7.59. The van der Waals surface area contributed by atoms with E-state index in [0.29, 0.717) is 0 Å². The molecular weight excluding hydrogens is 244 g/mol. The summed E-state index contributed by atoms with van der Waals surface area (Å²) in [6, 6.07) is 6.72. The molecule has 4 nitrogen and oxygen atoms in total. The van der Waals surface area contributed by atoms with Gasteiger partial charge in [0.05, 0.1) is 4.90 Å². The average Bonchev–Trinajstić information content (AvgIpc) is 2.29. The first-order chi connectivity index (χ1) is 7.57. The zero-order chi connectivity index (χ0) is 11.6. The van der Waals surface area contributed by atoms with Crippen molar-refractivity contribution in [3.63, 3.8) is 0 Å². The quantitative estimate of drug-likeness (QED) is 0.818. The van der Waals surface area contributed by atoms with Gasteiger partial charge in [0.1, 0.15) is 0 Å². The third-order valence-corrected chi connectivity index (χ3v) is 4.56. The maximum atomic E-state index is 11.1. The van der Waals surface area contributed by atoms with E-state index in [1.807, 2.05) is 0 Å². The lowest BCUT2D eigenvalue weighted by atomic mass is 10.3. The van der Waals surface area contributed by atoms with E-state index in [2.05, 4.69) is 4.31 Å². The Morgan fingerprint density at radius 3 is 2.38 bits per heavy atom. The fraction of sp³-hybridized carbons (Fsp3) is 0.400. The van der Waals surface area contributed by atoms with Crippen molar-refractivity contribution in [2.75, 3.05) is 16.6 Å². The standard InChI is InChI=1S/C10H14N2O2S2/c11-16(13,14)10-5-3-9(4-6-10)12-7-1-2-8-15-12/h3-6H,1-2,7-8H2,(H2,11,13,14). The molecule has 0 aromatic heterocycles. The van der Waals surface area contributed by atoms with Gasteiger partial charge in [0.15, 0.2) is 0 Å². The topological polar surface area (TPSA) is 63.4 Å². The summed E-state index contributed by atoms with van der Waals surface area (Å²) in [5, 5.41) is 5.04. The zero-order valence-electron chi connectivity index (χ0n) is 8.80. The third kappa shape index (κ3) is 2.69. The minimum atomic E-state index is -3.58. The Morgan fingerprint density at radius 2 is 1.88 bits per heavy atom. The largest absolute Gasteiger partial charge is 0.316 e. The van der Waals surface area contributed by atoms with Gasteiger partial charge in [-0.2, -0.15) is 0 Å². The zero-order valence-corrected chi connectivity index (χ0v) is 10.4. The molecule has 1 saturated heterocycles. The highest BCUT2D eigenvalue weighted by atomic mass is 32.2. The van der Waals surface area contributed by atoms with Crippen molar-refractivity contribution >= 4 is 27.7 Å². The Hall–Kier alpha value is -0.720. The number of hydrogen-bond donors (Lipinski definition) is 1. The summed E-state index contributed by atoms with van der Waals surface area (Å²) < 4.78 is 24.3. The van der Waals surface area contributed by atoms with Crippen LogP contribution in [0.2, 0.25) is 0 Å². The molecule has 1 heterocycles. The molecular formula is C10H14N2O2S2. The van der Waals surface area contributed by atoms with Crippen LogP contribution in [0.15, 0.2) is 29.2 Å². The number of sulfonamides is 1. The maximum absolute atomic E-state index is 11.1. The van der Waals surface area contributed by atoms with Crippen LogP contribution in [0.5, 0.6) is 0 Å². The summed E-state index contributed by atoms with van der Waals surface area (Å²) in [5.41, 5.74) is 1.04. The molecule has 1 aromatic carbocycles. The molecule has 6 heteroatoms. The van der Waals surface area contributed by atoms with Crippen LogP contribution in [0.3, 0.4) is 0 Å². The van der Waals surface area contributed by atoms with Gasteiger partial charge in [-0.3, -0.25) is 0 Å². The summed E-state index contributed by atoms with van der Waals surface area (Å²) in [6.07, 6.45) is 2.43. The molecule has 0 saturated carbocycles. The van der Waals surface area contributed by atoms with Crippen molar-refractivity contribution in [2.45, 2.75) is 17.7 Å². The second kappa shape index (κ2) is 4.65. The van der Waals surface area contributed by atoms with E-state index in [1.54, 1.807) is 36.2 Å². The molecule has 1 aliphatic heterocycles. The van der Waals surface area contributed by atoms with Gasteiger partial charge in [0.2, 0.25) is 10.0 Å². The van der Waals surface area contributed by atoms with Crippen LogP contribution in [-0.4, -0.2) is 20.7 Å². The number of nitrogens with zero attached hydrogens (tertiary/aromatic N) is 1. The van der Waals surface area contributed by atoms with Crippen LogP contribution in [0, 0.1) is 0 Å². The van der Waals surface area contributed by atoms with E-state index < -0.39 is 10.0 Å². The van der Waals surface area contributed by atoms with Gasteiger partial charge in [-0.1, -0.05) is 0 Å². The van der Waals surface area contributed by atoms with Crippen LogP contribution >= 0.6 is 11.9 Å². The minimum Gasteiger partial charge on any atom is -0.316 e. The van der Waals surface area contributed by atoms with Crippen LogP contribution in [0.25, 0.3) is 0 Å². The number of primary sulfonamides is 1. The molecule has 0 radical (unpaired) electrons. The molecule has 16 heavy (non-hydrogen) atoms. The molecule has 2 N–H and O–H groups in total. The number of benzene rings is 1. The fourth-order valence-electron chi connectivity index (χ4n) is 1.60. The molecule has 0 unspecified atom stereocenters. The number of anilines is 1. The molecule has 0 aliphatic carbocycles. The lowest BCUT2D eigenvalue weighted by Gasteiger charge is -2.27. The first-order valence-electron chi connectivity index (χ1n) is 5.11. The molecule has 1 fully saturated rings. The highest BCUT2D eigenvalue weighted by Crippen LogP contribution is 2.27. The summed E-state index contributed by atoms with van der Waals surface area (Å²) in [5.74, 6) is 1.12. The van der Waals surface area contributed by atoms with E-state index in [1.165, 1.54) is 12.8 Å². The van der Waals surface area contributed by atoms with Crippen molar-refractivity contribution in [2.24, 2.45) is 5.14 Å². The molecule has 0 bridgehead atoms. The number of hydrogen-bond acceptors (Lipinski definition) is 4. The number of nitrogens with two attached hydrogens (primary N) is 1. The van der Waals surface area contributed by atoms with Gasteiger partial charge in [-0.15, -0.1) is 0 Å². The van der Waals surface area contributed by atoms with Crippen LogP contribution in [-0.2, 0) is 10.0 Å². The van der Waals surface area contributed by atoms with E-state index in [0.717, 1.165) is 18.0 Å². The van der Waals surface area contributed by atoms with E-state index >= 15 is 0 Å². The molecule has 0 spiro atoms. The summed E-state index contributed by atoms with van der Waals surface area (Å²) >= 11 is 1.78. The van der Waals surface area contributed by atoms with Gasteiger partial charge >= 0.3 is 0 Å². The van der Waals surface area contributed by atoms with Crippen LogP contribution in [0.1, 0.15) is 12.8 Å². The van der Waals surface area contributed by atoms with Gasteiger partial charge in [0, 0.05) is 18.0 Å². The Bertz CT molecular complexity index is 450. The van der Waals surface area contributed by atoms with Crippen LogP contribution < -0.4 is 9.44 Å². The third-order valence-electron chi connectivity index (χ3n) is 2.46. The minimum absolute atomic E-state index is 0.165. The Morgan fingerprint density at radius 1 is 1.19 bits per heavy atom. The average molecular weight is 258 g/mol. The van der Waals surface area contributed by atoms with Crippen molar-refractivity contribution in [1.29, 1.82) is 0 Å². The predicted molar refractivity (Wildman–Crippen MR) is 66.9 cm³/mol. The monoisotopic (exact) mass is 258 g/mol. The van der Waals surface area contributed by atoms with Gasteiger partial charge in [-0.25, -0.2) is 13.6 Å². The van der Waals surface area contributed by atoms with Gasteiger partial charge < -0.3 is 4.31 Å². The molecule has 1 aromatic rings. The first kappa shape index (κ1) is 11.8. The molecule has 0 atom stereocenters. The predicted octanol–water partition coefficient (Wildman–Crippen LogP) is 1.58. The summed E-state index contributed by atoms with van der Waals surface area (Å²) in [7, 11) is -3.58. The lowest BCUT2D eigenvalue weighted by Crippen LogP contribution is -2.21. The van der Waals surface area contributed by atoms with Crippen molar-refractivity contribution in [3.05, 3.63) is 24.3 Å². The smallest absolute Gasteiger partial charge is 0.238 e. The van der Waals surface area contributed by atoms with Crippen molar-refractivity contribution < 1.29 is 8.42 Å². The molecule has 2 rings (SSSR count). The highest BCUT2D eigenvalue weighted by Gasteiger charge is 2.13. The van der Waals surface area contributed by atoms with E-state index in [9.17, 15) is 8.42 Å². The van der Waals surface area contributed by atoms with Crippen LogP contribution in [0.4, 0.5) is 5.69 Å². The van der Waals surface area contributed by atoms with E-state index in [-0.39, 0.29) is 4.90 Å². The molecule has 0 amide bonds. The second-order valence-corrected chi connectivity index (χ2v) is 6.35. The van der Waals surface area contributed by atoms with Gasteiger partial charge in [-0.05, 0) is 49.1 Å². The maximum Gasteiger partial charge on any atom is 0.238 e. The van der Waals surface area contributed by atoms with Crippen molar-refractivity contribution in [3.8, 4) is 0 Å². The second-order valence-electron chi connectivity index (χ2n) is 3.68. The fourth-order valence-corrected chi connectivity index (χ4v) is 3.20. The SMILES string of the molecule is NS(=O)(=O)c1ccc(N2CCCCS2)cc1. The van der Waals surface area contributed by atoms with Gasteiger partial charge in [0.25, 0.3) is 0 Å². The Balaban J connectivity index is 2.18. The Kier molecular flexibility index (Phi) is 3.41. The molecule has 1 aliphatic rings. The van der Waals surface area contributed by atoms with E-state index in [4.69, 9.17) is 5.14 Å². The summed E-state index contributed by atoms with van der Waals surface area (Å²) in [4.78, 5) is 0.165. The lowest BCUT2D eigenvalue weighted by molar-refractivity contribution is 0.598. The number of rotatable bonds is 2. The highest BCUT2D eigenvalue weighted by molar-refractivity contribution is 8.00. The molecule has 88 valence electrons.